The molecule has 5 heteroatoms. The molecule has 144 valence electrons. The number of aryl methyl sites for hydroxylation is 1. The van der Waals surface area contributed by atoms with Crippen LogP contribution in [-0.4, -0.2) is 44.7 Å². The molecule has 0 radical (unpaired) electrons. The second kappa shape index (κ2) is 8.80. The molecular formula is C22H27NO4. The molecule has 1 saturated heterocycles. The molecule has 27 heavy (non-hydrogen) atoms. The first kappa shape index (κ1) is 19.1. The lowest BCUT2D eigenvalue weighted by molar-refractivity contribution is 0.0632. The second-order valence-electron chi connectivity index (χ2n) is 6.99. The highest BCUT2D eigenvalue weighted by atomic mass is 16.5. The van der Waals surface area contributed by atoms with Crippen molar-refractivity contribution in [3.63, 3.8) is 0 Å². The molecule has 1 fully saturated rings. The highest BCUT2D eigenvalue weighted by Crippen LogP contribution is 2.26. The van der Waals surface area contributed by atoms with Gasteiger partial charge in [-0.15, -0.1) is 0 Å². The van der Waals surface area contributed by atoms with E-state index in [2.05, 4.69) is 13.0 Å². The van der Waals surface area contributed by atoms with Crippen LogP contribution in [0.25, 0.3) is 0 Å². The minimum absolute atomic E-state index is 0.00690. The van der Waals surface area contributed by atoms with Gasteiger partial charge in [0.15, 0.2) is 0 Å². The van der Waals surface area contributed by atoms with Crippen LogP contribution in [-0.2, 0) is 0 Å². The van der Waals surface area contributed by atoms with Gasteiger partial charge in [0.25, 0.3) is 5.91 Å². The maximum Gasteiger partial charge on any atom is 0.254 e. The zero-order chi connectivity index (χ0) is 19.2. The smallest absolute Gasteiger partial charge is 0.254 e. The number of carbonyl (C=O) groups is 1. The van der Waals surface area contributed by atoms with Crippen molar-refractivity contribution >= 4 is 5.91 Å². The Labute approximate surface area is 160 Å². The van der Waals surface area contributed by atoms with Crippen LogP contribution in [0, 0.1) is 12.8 Å². The van der Waals surface area contributed by atoms with Crippen LogP contribution in [0.5, 0.6) is 17.2 Å². The summed E-state index contributed by atoms with van der Waals surface area (Å²) in [5.74, 6) is 2.46. The maximum atomic E-state index is 13.0. The van der Waals surface area contributed by atoms with Crippen LogP contribution < -0.4 is 14.2 Å². The molecule has 1 aliphatic heterocycles. The normalized spacial score (nSPS) is 16.7. The Kier molecular flexibility index (Phi) is 6.22. The molecule has 2 aromatic rings. The van der Waals surface area contributed by atoms with Crippen LogP contribution in [0.2, 0.25) is 0 Å². The summed E-state index contributed by atoms with van der Waals surface area (Å²) in [6, 6.07) is 13.4. The number of likely N-dealkylation sites (tertiary alicyclic amines) is 1. The number of nitrogens with zero attached hydrogens (tertiary/aromatic N) is 1. The van der Waals surface area contributed by atoms with E-state index >= 15 is 0 Å². The van der Waals surface area contributed by atoms with Gasteiger partial charge in [0.2, 0.25) is 0 Å². The molecule has 0 bridgehead atoms. The number of benzene rings is 2. The third kappa shape index (κ3) is 4.94. The van der Waals surface area contributed by atoms with Gasteiger partial charge in [-0.2, -0.15) is 0 Å². The zero-order valence-electron chi connectivity index (χ0n) is 16.2. The SMILES string of the molecule is COc1cc(OC)cc(C(=O)N2CCCC(COc3cccc(C)c3)C2)c1. The van der Waals surface area contributed by atoms with Crippen LogP contribution in [0.4, 0.5) is 0 Å². The summed E-state index contributed by atoms with van der Waals surface area (Å²) in [7, 11) is 3.17. The fourth-order valence-corrected chi connectivity index (χ4v) is 3.42. The highest BCUT2D eigenvalue weighted by Gasteiger charge is 2.25. The first-order chi connectivity index (χ1) is 13.1. The molecule has 0 saturated carbocycles. The molecule has 0 spiro atoms. The van der Waals surface area contributed by atoms with Crippen LogP contribution >= 0.6 is 0 Å². The molecule has 1 amide bonds. The fraction of sp³-hybridized carbons (Fsp3) is 0.409. The van der Waals surface area contributed by atoms with Gasteiger partial charge < -0.3 is 19.1 Å². The van der Waals surface area contributed by atoms with Crippen molar-refractivity contribution in [1.82, 2.24) is 4.90 Å². The summed E-state index contributed by atoms with van der Waals surface area (Å²) in [5.41, 5.74) is 1.77. The number of methoxy groups -OCH3 is 2. The summed E-state index contributed by atoms with van der Waals surface area (Å²) in [4.78, 5) is 14.9. The quantitative estimate of drug-likeness (QED) is 0.774. The van der Waals surface area contributed by atoms with Gasteiger partial charge in [0, 0.05) is 30.6 Å². The van der Waals surface area contributed by atoms with Crippen molar-refractivity contribution in [3.8, 4) is 17.2 Å². The number of hydrogen-bond donors (Lipinski definition) is 0. The minimum atomic E-state index is 0.00690. The standard InChI is InChI=1S/C22H27NO4/c1-16-6-4-8-19(10-16)27-15-17-7-5-9-23(14-17)22(24)18-11-20(25-2)13-21(12-18)26-3/h4,6,8,10-13,17H,5,7,9,14-15H2,1-3H3. The number of ether oxygens (including phenoxy) is 3. The van der Waals surface area contributed by atoms with Gasteiger partial charge in [-0.1, -0.05) is 12.1 Å². The monoisotopic (exact) mass is 369 g/mol. The molecule has 1 aliphatic rings. The van der Waals surface area contributed by atoms with E-state index < -0.39 is 0 Å². The average Bonchev–Trinajstić information content (AvgIpc) is 2.71. The Balaban J connectivity index is 1.64. The lowest BCUT2D eigenvalue weighted by atomic mass is 9.98. The van der Waals surface area contributed by atoms with E-state index in [4.69, 9.17) is 14.2 Å². The predicted octanol–water partition coefficient (Wildman–Crippen LogP) is 3.94. The van der Waals surface area contributed by atoms with Gasteiger partial charge in [0.05, 0.1) is 20.8 Å². The van der Waals surface area contributed by atoms with E-state index in [1.54, 1.807) is 32.4 Å². The number of amides is 1. The highest BCUT2D eigenvalue weighted by molar-refractivity contribution is 5.95. The molecule has 3 rings (SSSR count). The van der Waals surface area contributed by atoms with E-state index in [9.17, 15) is 4.79 Å². The molecule has 0 aromatic heterocycles. The third-order valence-corrected chi connectivity index (χ3v) is 4.88. The van der Waals surface area contributed by atoms with Crippen molar-refractivity contribution in [2.24, 2.45) is 5.92 Å². The molecule has 0 N–H and O–H groups in total. The average molecular weight is 369 g/mol. The Morgan fingerprint density at radius 3 is 2.48 bits per heavy atom. The first-order valence-electron chi connectivity index (χ1n) is 9.31. The topological polar surface area (TPSA) is 48.0 Å². The van der Waals surface area contributed by atoms with Gasteiger partial charge in [0.1, 0.15) is 17.2 Å². The molecular weight excluding hydrogens is 342 g/mol. The lowest BCUT2D eigenvalue weighted by Gasteiger charge is -2.33. The predicted molar refractivity (Wildman–Crippen MR) is 105 cm³/mol. The van der Waals surface area contributed by atoms with E-state index in [-0.39, 0.29) is 5.91 Å². The Morgan fingerprint density at radius 2 is 1.81 bits per heavy atom. The maximum absolute atomic E-state index is 13.0. The van der Waals surface area contributed by atoms with Crippen molar-refractivity contribution in [3.05, 3.63) is 53.6 Å². The van der Waals surface area contributed by atoms with Crippen LogP contribution in [0.15, 0.2) is 42.5 Å². The van der Waals surface area contributed by atoms with Crippen molar-refractivity contribution < 1.29 is 19.0 Å². The Morgan fingerprint density at radius 1 is 1.07 bits per heavy atom. The molecule has 1 unspecified atom stereocenters. The van der Waals surface area contributed by atoms with Crippen molar-refractivity contribution in [1.29, 1.82) is 0 Å². The number of hydrogen-bond acceptors (Lipinski definition) is 4. The summed E-state index contributed by atoms with van der Waals surface area (Å²) < 4.78 is 16.5. The fourth-order valence-electron chi connectivity index (χ4n) is 3.42. The molecule has 1 atom stereocenters. The zero-order valence-corrected chi connectivity index (χ0v) is 16.2. The van der Waals surface area contributed by atoms with Crippen LogP contribution in [0.3, 0.4) is 0 Å². The second-order valence-corrected chi connectivity index (χ2v) is 6.99. The number of carbonyl (C=O) groups excluding carboxylic acids is 1. The summed E-state index contributed by atoms with van der Waals surface area (Å²) >= 11 is 0. The molecule has 1 heterocycles. The largest absolute Gasteiger partial charge is 0.497 e. The summed E-state index contributed by atoms with van der Waals surface area (Å²) in [6.07, 6.45) is 2.05. The summed E-state index contributed by atoms with van der Waals surface area (Å²) in [6.45, 7) is 4.13. The van der Waals surface area contributed by atoms with E-state index in [0.717, 1.165) is 25.1 Å². The third-order valence-electron chi connectivity index (χ3n) is 4.88. The Bertz CT molecular complexity index is 767. The van der Waals surface area contributed by atoms with Crippen molar-refractivity contribution in [2.75, 3.05) is 33.9 Å². The van der Waals surface area contributed by atoms with Crippen molar-refractivity contribution in [2.45, 2.75) is 19.8 Å². The first-order valence-corrected chi connectivity index (χ1v) is 9.31. The molecule has 2 aromatic carbocycles. The van der Waals surface area contributed by atoms with Gasteiger partial charge in [-0.3, -0.25) is 4.79 Å². The lowest BCUT2D eigenvalue weighted by Crippen LogP contribution is -2.41. The van der Waals surface area contributed by atoms with E-state index in [0.29, 0.717) is 36.1 Å². The van der Waals surface area contributed by atoms with E-state index in [1.807, 2.05) is 23.1 Å². The molecule has 5 nitrogen and oxygen atoms in total. The molecule has 0 aliphatic carbocycles. The number of piperidine rings is 1. The van der Waals surface area contributed by atoms with E-state index in [1.165, 1.54) is 5.56 Å². The minimum Gasteiger partial charge on any atom is -0.497 e. The summed E-state index contributed by atoms with van der Waals surface area (Å²) in [5, 5.41) is 0. The van der Waals surface area contributed by atoms with Gasteiger partial charge in [-0.25, -0.2) is 0 Å². The Hall–Kier alpha value is -2.69. The van der Waals surface area contributed by atoms with Gasteiger partial charge >= 0.3 is 0 Å². The van der Waals surface area contributed by atoms with Gasteiger partial charge in [-0.05, 0) is 49.6 Å². The van der Waals surface area contributed by atoms with Crippen LogP contribution in [0.1, 0.15) is 28.8 Å². The number of rotatable bonds is 6.